The number of aromatic nitrogens is 3. The third kappa shape index (κ3) is 3.28. The van der Waals surface area contributed by atoms with Gasteiger partial charge in [0.1, 0.15) is 5.75 Å². The lowest BCUT2D eigenvalue weighted by molar-refractivity contribution is -0.253. The molecule has 0 atom stereocenters. The Bertz CT molecular complexity index is 1110. The van der Waals surface area contributed by atoms with E-state index in [0.29, 0.717) is 11.3 Å². The predicted molar refractivity (Wildman–Crippen MR) is 94.1 cm³/mol. The van der Waals surface area contributed by atoms with E-state index in [0.717, 1.165) is 23.0 Å². The molecule has 1 aliphatic rings. The summed E-state index contributed by atoms with van der Waals surface area (Å²) < 4.78 is 57.6. The number of benzene rings is 1. The fraction of sp³-hybridized carbons (Fsp3) is 0.316. The highest BCUT2D eigenvalue weighted by atomic mass is 19.3. The van der Waals surface area contributed by atoms with E-state index in [1.165, 1.54) is 23.1 Å². The molecular weight excluding hydrogens is 392 g/mol. The van der Waals surface area contributed by atoms with Gasteiger partial charge >= 0.3 is 12.5 Å². The van der Waals surface area contributed by atoms with Crippen LogP contribution < -0.4 is 4.74 Å². The van der Waals surface area contributed by atoms with Crippen LogP contribution in [0.15, 0.2) is 30.3 Å². The summed E-state index contributed by atoms with van der Waals surface area (Å²) in [5, 5.41) is 4.48. The van der Waals surface area contributed by atoms with Gasteiger partial charge in [0.25, 0.3) is 5.91 Å². The van der Waals surface area contributed by atoms with Crippen LogP contribution in [0.4, 0.5) is 17.6 Å². The predicted octanol–water partition coefficient (Wildman–Crippen LogP) is 3.74. The van der Waals surface area contributed by atoms with E-state index < -0.39 is 24.2 Å². The summed E-state index contributed by atoms with van der Waals surface area (Å²) in [6.45, 7) is 4.06. The molecule has 1 aliphatic heterocycles. The average Bonchev–Trinajstić information content (AvgIpc) is 3.20. The smallest absolute Gasteiger partial charge is 0.427 e. The Labute approximate surface area is 162 Å². The number of halogens is 4. The molecule has 10 heteroatoms. The van der Waals surface area contributed by atoms with Crippen molar-refractivity contribution in [2.45, 2.75) is 39.5 Å². The quantitative estimate of drug-likeness (QED) is 0.617. The van der Waals surface area contributed by atoms with Gasteiger partial charge in [0.05, 0.1) is 24.3 Å². The maximum atomic E-state index is 13.4. The standard InChI is InChI=1S/C19H16F4N4O2/c1-10-7-11(2)27-16(24-10)13-8-26(9-14(13)25-27)17(28)12-5-3-4-6-15(12)29-19(22,23)18(20)21/h3-7,18H,8-9H2,1-2H3. The summed E-state index contributed by atoms with van der Waals surface area (Å²) in [5.41, 5.74) is 3.51. The average molecular weight is 408 g/mol. The SMILES string of the molecule is Cc1cc(C)n2nc3c(c2n1)CN(C(=O)c1ccccc1OC(F)(F)C(F)F)C3. The molecule has 0 bridgehead atoms. The molecule has 0 spiro atoms. The summed E-state index contributed by atoms with van der Waals surface area (Å²) >= 11 is 0. The van der Waals surface area contributed by atoms with Crippen molar-refractivity contribution >= 4 is 11.6 Å². The molecule has 0 radical (unpaired) electrons. The number of aryl methyl sites for hydroxylation is 2. The molecule has 0 N–H and O–H groups in total. The maximum Gasteiger partial charge on any atom is 0.461 e. The number of ether oxygens (including phenoxy) is 1. The molecule has 3 heterocycles. The normalized spacial score (nSPS) is 14.0. The van der Waals surface area contributed by atoms with Crippen LogP contribution >= 0.6 is 0 Å². The van der Waals surface area contributed by atoms with Gasteiger partial charge in [-0.25, -0.2) is 9.50 Å². The summed E-state index contributed by atoms with van der Waals surface area (Å²) in [4.78, 5) is 18.8. The van der Waals surface area contributed by atoms with E-state index in [-0.39, 0.29) is 18.7 Å². The number of rotatable bonds is 4. The first-order chi connectivity index (χ1) is 13.7. The third-order valence-corrected chi connectivity index (χ3v) is 4.67. The van der Waals surface area contributed by atoms with Gasteiger partial charge in [-0.2, -0.15) is 22.7 Å². The van der Waals surface area contributed by atoms with Crippen molar-refractivity contribution in [3.05, 3.63) is 58.5 Å². The third-order valence-electron chi connectivity index (χ3n) is 4.67. The van der Waals surface area contributed by atoms with Crippen LogP contribution in [-0.2, 0) is 13.1 Å². The minimum absolute atomic E-state index is 0.148. The number of hydrogen-bond donors (Lipinski definition) is 0. The van der Waals surface area contributed by atoms with Crippen LogP contribution in [0.2, 0.25) is 0 Å². The van der Waals surface area contributed by atoms with E-state index in [9.17, 15) is 22.4 Å². The largest absolute Gasteiger partial charge is 0.461 e. The molecular formula is C19H16F4N4O2. The summed E-state index contributed by atoms with van der Waals surface area (Å²) in [5.74, 6) is -1.22. The molecule has 0 aliphatic carbocycles. The van der Waals surface area contributed by atoms with Gasteiger partial charge in [-0.05, 0) is 32.0 Å². The van der Waals surface area contributed by atoms with Crippen LogP contribution in [0.25, 0.3) is 5.65 Å². The van der Waals surface area contributed by atoms with Gasteiger partial charge in [0.15, 0.2) is 5.65 Å². The van der Waals surface area contributed by atoms with Crippen LogP contribution in [0.3, 0.4) is 0 Å². The molecule has 29 heavy (non-hydrogen) atoms. The molecule has 4 rings (SSSR count). The first-order valence-corrected chi connectivity index (χ1v) is 8.75. The lowest BCUT2D eigenvalue weighted by Crippen LogP contribution is -2.34. The van der Waals surface area contributed by atoms with Crippen LogP contribution in [0.5, 0.6) is 5.75 Å². The molecule has 0 saturated heterocycles. The Morgan fingerprint density at radius 2 is 1.93 bits per heavy atom. The minimum atomic E-state index is -4.70. The van der Waals surface area contributed by atoms with Crippen molar-refractivity contribution in [2.24, 2.45) is 0 Å². The van der Waals surface area contributed by atoms with E-state index in [1.807, 2.05) is 19.9 Å². The Morgan fingerprint density at radius 3 is 2.66 bits per heavy atom. The fourth-order valence-corrected chi connectivity index (χ4v) is 3.36. The second kappa shape index (κ2) is 6.71. The number of para-hydroxylation sites is 1. The van der Waals surface area contributed by atoms with Gasteiger partial charge in [0.2, 0.25) is 0 Å². The van der Waals surface area contributed by atoms with Crippen molar-refractivity contribution in [2.75, 3.05) is 0 Å². The molecule has 6 nitrogen and oxygen atoms in total. The summed E-state index contributed by atoms with van der Waals surface area (Å²) in [6, 6.07) is 6.98. The van der Waals surface area contributed by atoms with Crippen molar-refractivity contribution < 1.29 is 27.1 Å². The van der Waals surface area contributed by atoms with E-state index in [1.54, 1.807) is 4.52 Å². The monoisotopic (exact) mass is 408 g/mol. The van der Waals surface area contributed by atoms with Gasteiger partial charge in [0, 0.05) is 17.0 Å². The van der Waals surface area contributed by atoms with Crippen molar-refractivity contribution in [1.29, 1.82) is 0 Å². The van der Waals surface area contributed by atoms with Gasteiger partial charge in [-0.3, -0.25) is 4.79 Å². The highest BCUT2D eigenvalue weighted by Crippen LogP contribution is 2.33. The summed E-state index contributed by atoms with van der Waals surface area (Å²) in [6.07, 6.45) is -8.72. The van der Waals surface area contributed by atoms with Crippen molar-refractivity contribution in [3.63, 3.8) is 0 Å². The lowest BCUT2D eigenvalue weighted by Gasteiger charge is -2.21. The number of alkyl halides is 4. The highest BCUT2D eigenvalue weighted by Gasteiger charge is 2.45. The number of carbonyl (C=O) groups excluding carboxylic acids is 1. The molecule has 2 aromatic heterocycles. The van der Waals surface area contributed by atoms with E-state index >= 15 is 0 Å². The molecule has 152 valence electrons. The zero-order chi connectivity index (χ0) is 20.9. The Hall–Kier alpha value is -3.17. The van der Waals surface area contributed by atoms with Crippen molar-refractivity contribution in [1.82, 2.24) is 19.5 Å². The number of carbonyl (C=O) groups is 1. The number of amides is 1. The van der Waals surface area contributed by atoms with Crippen molar-refractivity contribution in [3.8, 4) is 5.75 Å². The first-order valence-electron chi connectivity index (χ1n) is 8.75. The summed E-state index contributed by atoms with van der Waals surface area (Å²) in [7, 11) is 0. The Kier molecular flexibility index (Phi) is 4.44. The molecule has 0 fully saturated rings. The van der Waals surface area contributed by atoms with Gasteiger partial charge in [-0.1, -0.05) is 12.1 Å². The molecule has 3 aromatic rings. The van der Waals surface area contributed by atoms with Gasteiger partial charge < -0.3 is 9.64 Å². The number of fused-ring (bicyclic) bond motifs is 3. The van der Waals surface area contributed by atoms with Gasteiger partial charge in [-0.15, -0.1) is 0 Å². The zero-order valence-electron chi connectivity index (χ0n) is 15.5. The van der Waals surface area contributed by atoms with Crippen LogP contribution in [0.1, 0.15) is 33.0 Å². The first kappa shape index (κ1) is 19.2. The fourth-order valence-electron chi connectivity index (χ4n) is 3.36. The second-order valence-electron chi connectivity index (χ2n) is 6.82. The van der Waals surface area contributed by atoms with E-state index in [2.05, 4.69) is 14.8 Å². The molecule has 0 saturated carbocycles. The minimum Gasteiger partial charge on any atom is -0.427 e. The molecule has 0 unspecified atom stereocenters. The maximum absolute atomic E-state index is 13.4. The lowest BCUT2D eigenvalue weighted by atomic mass is 10.1. The highest BCUT2D eigenvalue weighted by molar-refractivity contribution is 5.97. The Morgan fingerprint density at radius 1 is 1.21 bits per heavy atom. The topological polar surface area (TPSA) is 59.7 Å². The van der Waals surface area contributed by atoms with E-state index in [4.69, 9.17) is 0 Å². The second-order valence-corrected chi connectivity index (χ2v) is 6.82. The molecule has 1 amide bonds. The molecule has 1 aromatic carbocycles. The number of hydrogen-bond acceptors (Lipinski definition) is 4. The number of nitrogens with zero attached hydrogens (tertiary/aromatic N) is 4. The zero-order valence-corrected chi connectivity index (χ0v) is 15.5. The Balaban J connectivity index is 1.63. The van der Waals surface area contributed by atoms with Crippen LogP contribution in [-0.4, -0.2) is 37.9 Å². The van der Waals surface area contributed by atoms with Crippen LogP contribution in [0, 0.1) is 13.8 Å².